The van der Waals surface area contributed by atoms with Gasteiger partial charge in [0.1, 0.15) is 0 Å². The molecular weight excluding hydrogens is 448 g/mol. The zero-order valence-corrected chi connectivity index (χ0v) is 19.4. The fourth-order valence-corrected chi connectivity index (χ4v) is 6.15. The number of nitrogens with zero attached hydrogens (tertiary/aromatic N) is 2. The van der Waals surface area contributed by atoms with Crippen LogP contribution in [0.1, 0.15) is 43.0 Å². The van der Waals surface area contributed by atoms with Crippen LogP contribution in [0.5, 0.6) is 0 Å². The number of nitrogens with one attached hydrogen (secondary N) is 2. The number of fused-ring (bicyclic) bond motifs is 1. The summed E-state index contributed by atoms with van der Waals surface area (Å²) in [5, 5.41) is 5.89. The van der Waals surface area contributed by atoms with Crippen molar-refractivity contribution >= 4 is 54.2 Å². The lowest BCUT2D eigenvalue weighted by atomic mass is 10.2. The normalized spacial score (nSPS) is 14.7. The molecular formula is C22H24N4O4S2. The summed E-state index contributed by atoms with van der Waals surface area (Å²) in [5.41, 5.74) is 1.70. The van der Waals surface area contributed by atoms with Gasteiger partial charge < -0.3 is 5.32 Å². The van der Waals surface area contributed by atoms with Gasteiger partial charge in [-0.15, -0.1) is 0 Å². The molecule has 1 aromatic heterocycles. The topological polar surface area (TPSA) is 108 Å². The molecule has 0 radical (unpaired) electrons. The maximum atomic E-state index is 12.9. The molecule has 0 saturated heterocycles. The summed E-state index contributed by atoms with van der Waals surface area (Å²) in [7, 11) is -1.97. The van der Waals surface area contributed by atoms with Gasteiger partial charge in [0.15, 0.2) is 5.13 Å². The van der Waals surface area contributed by atoms with E-state index in [1.54, 1.807) is 25.2 Å². The fraction of sp³-hybridized carbons (Fsp3) is 0.318. The van der Waals surface area contributed by atoms with Gasteiger partial charge in [-0.25, -0.2) is 13.4 Å². The van der Waals surface area contributed by atoms with Crippen molar-refractivity contribution in [2.45, 2.75) is 43.5 Å². The Hall–Kier alpha value is -2.82. The second-order valence-corrected chi connectivity index (χ2v) is 10.8. The average Bonchev–Trinajstić information content (AvgIpc) is 3.42. The van der Waals surface area contributed by atoms with Crippen LogP contribution in [0.4, 0.5) is 10.8 Å². The lowest BCUT2D eigenvalue weighted by Crippen LogP contribution is -2.35. The van der Waals surface area contributed by atoms with Crippen LogP contribution in [0.15, 0.2) is 47.4 Å². The number of hydrogen-bond donors (Lipinski definition) is 2. The first-order valence-electron chi connectivity index (χ1n) is 10.3. The first-order chi connectivity index (χ1) is 15.2. The molecule has 1 aliphatic carbocycles. The SMILES string of the molecule is CC(=O)Nc1ccc2nc(NC(=O)c3ccc(S(=O)(=O)N(C)C4CCCC4)cc3)sc2c1. The highest BCUT2D eigenvalue weighted by Crippen LogP contribution is 2.29. The summed E-state index contributed by atoms with van der Waals surface area (Å²) in [5.74, 6) is -0.540. The van der Waals surface area contributed by atoms with Gasteiger partial charge in [0.05, 0.1) is 15.1 Å². The van der Waals surface area contributed by atoms with Gasteiger partial charge in [-0.2, -0.15) is 4.31 Å². The second kappa shape index (κ2) is 8.97. The first kappa shape index (κ1) is 22.4. The van der Waals surface area contributed by atoms with E-state index < -0.39 is 10.0 Å². The van der Waals surface area contributed by atoms with Crippen LogP contribution in [-0.2, 0) is 14.8 Å². The highest BCUT2D eigenvalue weighted by Gasteiger charge is 2.30. The van der Waals surface area contributed by atoms with Crippen molar-refractivity contribution in [3.05, 3.63) is 48.0 Å². The van der Waals surface area contributed by atoms with E-state index in [2.05, 4.69) is 15.6 Å². The molecule has 32 heavy (non-hydrogen) atoms. The first-order valence-corrected chi connectivity index (χ1v) is 12.6. The molecule has 0 spiro atoms. The molecule has 10 heteroatoms. The lowest BCUT2D eigenvalue weighted by molar-refractivity contribution is -0.114. The minimum absolute atomic E-state index is 0.0353. The van der Waals surface area contributed by atoms with E-state index in [0.29, 0.717) is 21.9 Å². The maximum absolute atomic E-state index is 12.9. The Morgan fingerprint density at radius 3 is 2.41 bits per heavy atom. The van der Waals surface area contributed by atoms with E-state index in [1.807, 2.05) is 0 Å². The molecule has 168 valence electrons. The number of thiazole rings is 1. The van der Waals surface area contributed by atoms with Gasteiger partial charge in [0.25, 0.3) is 5.91 Å². The van der Waals surface area contributed by atoms with Crippen molar-refractivity contribution in [2.75, 3.05) is 17.7 Å². The largest absolute Gasteiger partial charge is 0.326 e. The minimum atomic E-state index is -3.59. The fourth-order valence-electron chi connectivity index (χ4n) is 3.84. The smallest absolute Gasteiger partial charge is 0.257 e. The van der Waals surface area contributed by atoms with Gasteiger partial charge in [-0.05, 0) is 55.3 Å². The third-order valence-corrected chi connectivity index (χ3v) is 8.42. The van der Waals surface area contributed by atoms with E-state index in [1.165, 1.54) is 46.8 Å². The van der Waals surface area contributed by atoms with Crippen molar-refractivity contribution in [2.24, 2.45) is 0 Å². The Labute approximate surface area is 190 Å². The summed E-state index contributed by atoms with van der Waals surface area (Å²) in [6, 6.07) is 11.3. The van der Waals surface area contributed by atoms with Crippen LogP contribution in [0.25, 0.3) is 10.2 Å². The average molecular weight is 473 g/mol. The molecule has 1 fully saturated rings. The number of rotatable bonds is 6. The van der Waals surface area contributed by atoms with Crippen molar-refractivity contribution in [1.29, 1.82) is 0 Å². The number of benzene rings is 2. The molecule has 0 aliphatic heterocycles. The molecule has 2 N–H and O–H groups in total. The number of carbonyl (C=O) groups is 2. The van der Waals surface area contributed by atoms with Crippen LogP contribution >= 0.6 is 11.3 Å². The van der Waals surface area contributed by atoms with Gasteiger partial charge in [0, 0.05) is 31.3 Å². The summed E-state index contributed by atoms with van der Waals surface area (Å²) >= 11 is 1.29. The molecule has 2 amide bonds. The Morgan fingerprint density at radius 2 is 1.75 bits per heavy atom. The van der Waals surface area contributed by atoms with Crippen molar-refractivity contribution in [3.63, 3.8) is 0 Å². The van der Waals surface area contributed by atoms with Crippen LogP contribution in [0.2, 0.25) is 0 Å². The Morgan fingerprint density at radius 1 is 1.06 bits per heavy atom. The molecule has 8 nitrogen and oxygen atoms in total. The Balaban J connectivity index is 1.47. The van der Waals surface area contributed by atoms with Crippen LogP contribution in [0, 0.1) is 0 Å². The van der Waals surface area contributed by atoms with Crippen molar-refractivity contribution in [1.82, 2.24) is 9.29 Å². The highest BCUT2D eigenvalue weighted by atomic mass is 32.2. The number of aromatic nitrogens is 1. The maximum Gasteiger partial charge on any atom is 0.257 e. The van der Waals surface area contributed by atoms with Gasteiger partial charge in [-0.3, -0.25) is 14.9 Å². The molecule has 3 aromatic rings. The highest BCUT2D eigenvalue weighted by molar-refractivity contribution is 7.89. The minimum Gasteiger partial charge on any atom is -0.326 e. The van der Waals surface area contributed by atoms with Crippen LogP contribution in [0.3, 0.4) is 0 Å². The monoisotopic (exact) mass is 472 g/mol. The molecule has 0 atom stereocenters. The van der Waals surface area contributed by atoms with Gasteiger partial charge in [-0.1, -0.05) is 24.2 Å². The number of hydrogen-bond acceptors (Lipinski definition) is 6. The lowest BCUT2D eigenvalue weighted by Gasteiger charge is -2.23. The zero-order chi connectivity index (χ0) is 22.9. The van der Waals surface area contributed by atoms with Crippen molar-refractivity contribution < 1.29 is 18.0 Å². The molecule has 4 rings (SSSR count). The van der Waals surface area contributed by atoms with Crippen LogP contribution in [-0.4, -0.2) is 42.6 Å². The standard InChI is InChI=1S/C22H24N4O4S2/c1-14(27)23-16-9-12-19-20(13-16)31-22(24-19)25-21(28)15-7-10-18(11-8-15)32(29,30)26(2)17-5-3-4-6-17/h7-13,17H,3-6H2,1-2H3,(H,23,27)(H,24,25,28). The van der Waals surface area contributed by atoms with E-state index in [4.69, 9.17) is 0 Å². The number of amides is 2. The number of sulfonamides is 1. The summed E-state index contributed by atoms with van der Waals surface area (Å²) in [6.07, 6.45) is 3.85. The van der Waals surface area contributed by atoms with Gasteiger partial charge >= 0.3 is 0 Å². The molecule has 1 aliphatic rings. The third-order valence-electron chi connectivity index (χ3n) is 5.56. The van der Waals surface area contributed by atoms with Crippen molar-refractivity contribution in [3.8, 4) is 0 Å². The number of carbonyl (C=O) groups excluding carboxylic acids is 2. The van der Waals surface area contributed by atoms with E-state index >= 15 is 0 Å². The van der Waals surface area contributed by atoms with Crippen LogP contribution < -0.4 is 10.6 Å². The van der Waals surface area contributed by atoms with E-state index in [-0.39, 0.29) is 22.8 Å². The molecule has 2 aromatic carbocycles. The molecule has 0 bridgehead atoms. The van der Waals surface area contributed by atoms with E-state index in [9.17, 15) is 18.0 Å². The van der Waals surface area contributed by atoms with E-state index in [0.717, 1.165) is 30.4 Å². The zero-order valence-electron chi connectivity index (χ0n) is 17.8. The molecule has 1 heterocycles. The Bertz CT molecular complexity index is 1260. The molecule has 1 saturated carbocycles. The molecule has 0 unspecified atom stereocenters. The predicted octanol–water partition coefficient (Wildman–Crippen LogP) is 4.07. The van der Waals surface area contributed by atoms with Gasteiger partial charge in [0.2, 0.25) is 15.9 Å². The Kier molecular flexibility index (Phi) is 6.27. The predicted molar refractivity (Wildman–Crippen MR) is 126 cm³/mol. The second-order valence-electron chi connectivity index (χ2n) is 7.82. The summed E-state index contributed by atoms with van der Waals surface area (Å²) < 4.78 is 28.0. The summed E-state index contributed by atoms with van der Waals surface area (Å²) in [4.78, 5) is 28.4. The quantitative estimate of drug-likeness (QED) is 0.562. The number of anilines is 2. The summed E-state index contributed by atoms with van der Waals surface area (Å²) in [6.45, 7) is 1.44. The third kappa shape index (κ3) is 4.67.